The second-order valence-electron chi connectivity index (χ2n) is 6.04. The van der Waals surface area contributed by atoms with Gasteiger partial charge in [-0.25, -0.2) is 0 Å². The van der Waals surface area contributed by atoms with Gasteiger partial charge in [0.15, 0.2) is 0 Å². The third kappa shape index (κ3) is 5.36. The van der Waals surface area contributed by atoms with Crippen LogP contribution in [0, 0.1) is 5.92 Å². The lowest BCUT2D eigenvalue weighted by atomic mass is 10.0. The maximum absolute atomic E-state index is 3.74. The molecule has 0 radical (unpaired) electrons. The van der Waals surface area contributed by atoms with Crippen molar-refractivity contribution in [2.45, 2.75) is 64.3 Å². The second kappa shape index (κ2) is 8.37. The fourth-order valence-corrected chi connectivity index (χ4v) is 3.26. The predicted octanol–water partition coefficient (Wildman–Crippen LogP) is 4.57. The van der Waals surface area contributed by atoms with Gasteiger partial charge in [-0.2, -0.15) is 0 Å². The van der Waals surface area contributed by atoms with E-state index in [1.165, 1.54) is 63.5 Å². The van der Waals surface area contributed by atoms with Gasteiger partial charge in [0.05, 0.1) is 0 Å². The van der Waals surface area contributed by atoms with Gasteiger partial charge < -0.3 is 5.32 Å². The molecule has 2 rings (SSSR count). The van der Waals surface area contributed by atoms with Gasteiger partial charge in [-0.15, -0.1) is 0 Å². The number of hydrogen-bond donors (Lipinski definition) is 1. The first kappa shape index (κ1) is 14.6. The molecule has 106 valence electrons. The standard InChI is InChI=1S/C18H29N/c1-2-18(15-17-11-4-3-5-12-17)19-14-8-13-16-9-6-7-10-16/h3-5,11-12,16,18-19H,2,6-10,13-15H2,1H3. The molecule has 1 saturated carbocycles. The summed E-state index contributed by atoms with van der Waals surface area (Å²) in [6, 6.07) is 11.5. The van der Waals surface area contributed by atoms with E-state index in [-0.39, 0.29) is 0 Å². The Labute approximate surface area is 118 Å². The molecule has 0 aliphatic heterocycles. The molecule has 1 aromatic rings. The molecule has 1 nitrogen and oxygen atoms in total. The van der Waals surface area contributed by atoms with Crippen molar-refractivity contribution >= 4 is 0 Å². The summed E-state index contributed by atoms with van der Waals surface area (Å²) in [7, 11) is 0. The van der Waals surface area contributed by atoms with Crippen molar-refractivity contribution < 1.29 is 0 Å². The molecule has 0 bridgehead atoms. The molecular weight excluding hydrogens is 230 g/mol. The van der Waals surface area contributed by atoms with Gasteiger partial charge in [0.25, 0.3) is 0 Å². The first-order chi connectivity index (χ1) is 9.38. The third-order valence-electron chi connectivity index (χ3n) is 4.51. The van der Waals surface area contributed by atoms with Gasteiger partial charge >= 0.3 is 0 Å². The van der Waals surface area contributed by atoms with E-state index >= 15 is 0 Å². The van der Waals surface area contributed by atoms with Crippen molar-refractivity contribution in [1.82, 2.24) is 5.32 Å². The minimum Gasteiger partial charge on any atom is -0.314 e. The van der Waals surface area contributed by atoms with Gasteiger partial charge in [-0.05, 0) is 43.7 Å². The van der Waals surface area contributed by atoms with Crippen molar-refractivity contribution in [2.75, 3.05) is 6.54 Å². The highest BCUT2D eigenvalue weighted by atomic mass is 14.9. The summed E-state index contributed by atoms with van der Waals surface area (Å²) >= 11 is 0. The average molecular weight is 259 g/mol. The lowest BCUT2D eigenvalue weighted by Gasteiger charge is -2.18. The summed E-state index contributed by atoms with van der Waals surface area (Å²) < 4.78 is 0. The topological polar surface area (TPSA) is 12.0 Å². The summed E-state index contributed by atoms with van der Waals surface area (Å²) in [6.07, 6.45) is 11.1. The van der Waals surface area contributed by atoms with Crippen molar-refractivity contribution in [1.29, 1.82) is 0 Å². The summed E-state index contributed by atoms with van der Waals surface area (Å²) in [4.78, 5) is 0. The molecule has 19 heavy (non-hydrogen) atoms. The van der Waals surface area contributed by atoms with Gasteiger partial charge in [-0.1, -0.05) is 62.9 Å². The first-order valence-electron chi connectivity index (χ1n) is 8.15. The van der Waals surface area contributed by atoms with E-state index in [1.807, 2.05) is 0 Å². The third-order valence-corrected chi connectivity index (χ3v) is 4.51. The Morgan fingerprint density at radius 3 is 2.58 bits per heavy atom. The molecule has 1 atom stereocenters. The second-order valence-corrected chi connectivity index (χ2v) is 6.04. The van der Waals surface area contributed by atoms with Gasteiger partial charge in [0.2, 0.25) is 0 Å². The summed E-state index contributed by atoms with van der Waals surface area (Å²) in [5.74, 6) is 1.04. The fourth-order valence-electron chi connectivity index (χ4n) is 3.26. The zero-order valence-electron chi connectivity index (χ0n) is 12.4. The fraction of sp³-hybridized carbons (Fsp3) is 0.667. The van der Waals surface area contributed by atoms with Crippen LogP contribution in [0.15, 0.2) is 30.3 Å². The molecule has 1 aliphatic rings. The van der Waals surface area contributed by atoms with E-state index in [0.717, 1.165) is 5.92 Å². The normalized spacial score (nSPS) is 17.7. The number of rotatable bonds is 8. The quantitative estimate of drug-likeness (QED) is 0.674. The van der Waals surface area contributed by atoms with E-state index in [4.69, 9.17) is 0 Å². The molecule has 0 heterocycles. The number of benzene rings is 1. The number of hydrogen-bond acceptors (Lipinski definition) is 1. The summed E-state index contributed by atoms with van der Waals surface area (Å²) in [5, 5.41) is 3.74. The molecule has 0 spiro atoms. The highest BCUT2D eigenvalue weighted by molar-refractivity contribution is 5.15. The molecule has 1 unspecified atom stereocenters. The van der Waals surface area contributed by atoms with Crippen molar-refractivity contribution in [3.63, 3.8) is 0 Å². The van der Waals surface area contributed by atoms with Crippen molar-refractivity contribution in [2.24, 2.45) is 5.92 Å². The Morgan fingerprint density at radius 1 is 1.16 bits per heavy atom. The molecule has 1 fully saturated rings. The van der Waals surface area contributed by atoms with Crippen LogP contribution >= 0.6 is 0 Å². The SMILES string of the molecule is CCC(Cc1ccccc1)NCCCC1CCCC1. The summed E-state index contributed by atoms with van der Waals surface area (Å²) in [5.41, 5.74) is 1.46. The highest BCUT2D eigenvalue weighted by Crippen LogP contribution is 2.28. The van der Waals surface area contributed by atoms with Crippen molar-refractivity contribution in [3.05, 3.63) is 35.9 Å². The Kier molecular flexibility index (Phi) is 6.43. The van der Waals surface area contributed by atoms with E-state index < -0.39 is 0 Å². The monoisotopic (exact) mass is 259 g/mol. The zero-order chi connectivity index (χ0) is 13.3. The highest BCUT2D eigenvalue weighted by Gasteiger charge is 2.14. The van der Waals surface area contributed by atoms with Gasteiger partial charge in [0.1, 0.15) is 0 Å². The maximum Gasteiger partial charge on any atom is 0.0105 e. The average Bonchev–Trinajstić information content (AvgIpc) is 2.96. The number of nitrogens with one attached hydrogen (secondary N) is 1. The van der Waals surface area contributed by atoms with Gasteiger partial charge in [-0.3, -0.25) is 0 Å². The van der Waals surface area contributed by atoms with Crippen LogP contribution in [0.3, 0.4) is 0 Å². The molecule has 1 aliphatic carbocycles. The lowest BCUT2D eigenvalue weighted by Crippen LogP contribution is -2.31. The first-order valence-corrected chi connectivity index (χ1v) is 8.15. The van der Waals surface area contributed by atoms with Crippen LogP contribution < -0.4 is 5.32 Å². The van der Waals surface area contributed by atoms with Crippen LogP contribution in [-0.2, 0) is 6.42 Å². The van der Waals surface area contributed by atoms with Gasteiger partial charge in [0, 0.05) is 6.04 Å². The molecule has 1 aromatic carbocycles. The molecule has 1 N–H and O–H groups in total. The molecule has 0 saturated heterocycles. The Hall–Kier alpha value is -0.820. The van der Waals surface area contributed by atoms with E-state index in [2.05, 4.69) is 42.6 Å². The smallest absolute Gasteiger partial charge is 0.0105 e. The molecule has 0 aromatic heterocycles. The van der Waals surface area contributed by atoms with Crippen LogP contribution in [0.25, 0.3) is 0 Å². The Morgan fingerprint density at radius 2 is 1.89 bits per heavy atom. The van der Waals surface area contributed by atoms with Crippen molar-refractivity contribution in [3.8, 4) is 0 Å². The van der Waals surface area contributed by atoms with Crippen LogP contribution in [-0.4, -0.2) is 12.6 Å². The molecule has 1 heteroatoms. The Bertz CT molecular complexity index is 327. The van der Waals surface area contributed by atoms with E-state index in [0.29, 0.717) is 6.04 Å². The van der Waals surface area contributed by atoms with Crippen LogP contribution in [0.5, 0.6) is 0 Å². The minimum atomic E-state index is 0.644. The summed E-state index contributed by atoms with van der Waals surface area (Å²) in [6.45, 7) is 3.49. The van der Waals surface area contributed by atoms with Crippen LogP contribution in [0.2, 0.25) is 0 Å². The van der Waals surface area contributed by atoms with E-state index in [9.17, 15) is 0 Å². The lowest BCUT2D eigenvalue weighted by molar-refractivity contribution is 0.437. The van der Waals surface area contributed by atoms with Crippen LogP contribution in [0.4, 0.5) is 0 Å². The van der Waals surface area contributed by atoms with E-state index in [1.54, 1.807) is 0 Å². The molecular formula is C18H29N. The maximum atomic E-state index is 3.74. The largest absolute Gasteiger partial charge is 0.314 e. The molecule has 0 amide bonds. The minimum absolute atomic E-state index is 0.644. The predicted molar refractivity (Wildman–Crippen MR) is 83.4 cm³/mol. The van der Waals surface area contributed by atoms with Crippen LogP contribution in [0.1, 0.15) is 57.4 Å². The zero-order valence-corrected chi connectivity index (χ0v) is 12.4. The Balaban J connectivity index is 1.62.